The fraction of sp³-hybridized carbons (Fsp3) is 0.667. The largest absolute Gasteiger partial charge is 0.481 e. The molecule has 0 aromatic carbocycles. The van der Waals surface area contributed by atoms with Crippen molar-refractivity contribution in [3.05, 3.63) is 17.8 Å². The first-order chi connectivity index (χ1) is 8.24. The maximum atomic E-state index is 10.5. The highest BCUT2D eigenvalue weighted by atomic mass is 16.4. The molecular weight excluding hydrogens is 220 g/mol. The number of hydrogen-bond acceptors (Lipinski definition) is 4. The zero-order valence-corrected chi connectivity index (χ0v) is 9.89. The van der Waals surface area contributed by atoms with Crippen molar-refractivity contribution < 1.29 is 14.3 Å². The molecule has 2 rings (SSSR count). The zero-order valence-electron chi connectivity index (χ0n) is 9.89. The number of oxazole rings is 1. The molecule has 2 heterocycles. The first kappa shape index (κ1) is 12.1. The molecule has 0 amide bonds. The standard InChI is InChI=1S/C12H18N2O3/c15-12(16)8-10-9-17-11(13-10)4-7-14-5-2-1-3-6-14/h9H,1-8H2,(H,15,16). The summed E-state index contributed by atoms with van der Waals surface area (Å²) in [5.41, 5.74) is 0.506. The molecule has 0 aliphatic carbocycles. The number of carboxylic acid groups (broad SMARTS) is 1. The van der Waals surface area contributed by atoms with Crippen LogP contribution < -0.4 is 0 Å². The van der Waals surface area contributed by atoms with E-state index in [1.54, 1.807) is 0 Å². The molecule has 1 saturated heterocycles. The summed E-state index contributed by atoms with van der Waals surface area (Å²) in [6.07, 6.45) is 6.02. The Balaban J connectivity index is 1.78. The predicted molar refractivity (Wildman–Crippen MR) is 61.8 cm³/mol. The molecule has 0 spiro atoms. The van der Waals surface area contributed by atoms with E-state index in [0.29, 0.717) is 11.6 Å². The average molecular weight is 238 g/mol. The molecule has 0 radical (unpaired) electrons. The summed E-state index contributed by atoms with van der Waals surface area (Å²) in [4.78, 5) is 17.1. The number of hydrogen-bond donors (Lipinski definition) is 1. The third kappa shape index (κ3) is 3.85. The highest BCUT2D eigenvalue weighted by Gasteiger charge is 2.12. The monoisotopic (exact) mass is 238 g/mol. The van der Waals surface area contributed by atoms with Gasteiger partial charge in [-0.3, -0.25) is 4.79 Å². The lowest BCUT2D eigenvalue weighted by Crippen LogP contribution is -2.31. The maximum absolute atomic E-state index is 10.5. The van der Waals surface area contributed by atoms with Crippen LogP contribution >= 0.6 is 0 Å². The molecule has 5 nitrogen and oxygen atoms in total. The molecule has 1 N–H and O–H groups in total. The molecule has 1 fully saturated rings. The van der Waals surface area contributed by atoms with Crippen molar-refractivity contribution in [3.8, 4) is 0 Å². The van der Waals surface area contributed by atoms with Gasteiger partial charge in [-0.25, -0.2) is 4.98 Å². The normalized spacial score (nSPS) is 17.2. The van der Waals surface area contributed by atoms with Crippen molar-refractivity contribution in [1.82, 2.24) is 9.88 Å². The molecule has 0 atom stereocenters. The molecule has 1 aliphatic heterocycles. The van der Waals surface area contributed by atoms with Gasteiger partial charge in [0.05, 0.1) is 12.1 Å². The Hall–Kier alpha value is -1.36. The number of carboxylic acids is 1. The van der Waals surface area contributed by atoms with Gasteiger partial charge in [-0.1, -0.05) is 6.42 Å². The highest BCUT2D eigenvalue weighted by Crippen LogP contribution is 2.10. The molecule has 0 bridgehead atoms. The predicted octanol–water partition coefficient (Wildman–Crippen LogP) is 1.33. The quantitative estimate of drug-likeness (QED) is 0.838. The van der Waals surface area contributed by atoms with Crippen molar-refractivity contribution in [2.75, 3.05) is 19.6 Å². The molecule has 1 aromatic heterocycles. The van der Waals surface area contributed by atoms with Crippen molar-refractivity contribution in [1.29, 1.82) is 0 Å². The Kier molecular flexibility index (Phi) is 4.14. The SMILES string of the molecule is O=C(O)Cc1coc(CCN2CCCCC2)n1. The number of likely N-dealkylation sites (tertiary alicyclic amines) is 1. The second-order valence-corrected chi connectivity index (χ2v) is 4.46. The maximum Gasteiger partial charge on any atom is 0.309 e. The third-order valence-electron chi connectivity index (χ3n) is 3.02. The van der Waals surface area contributed by atoms with Crippen molar-refractivity contribution >= 4 is 5.97 Å². The minimum Gasteiger partial charge on any atom is -0.481 e. The molecule has 0 unspecified atom stereocenters. The molecule has 5 heteroatoms. The van der Waals surface area contributed by atoms with Gasteiger partial charge in [0.25, 0.3) is 0 Å². The Bertz CT molecular complexity index is 370. The van der Waals surface area contributed by atoms with Crippen LogP contribution in [0.25, 0.3) is 0 Å². The lowest BCUT2D eigenvalue weighted by Gasteiger charge is -2.25. The van der Waals surface area contributed by atoms with Crippen LogP contribution in [0.4, 0.5) is 0 Å². The lowest BCUT2D eigenvalue weighted by atomic mass is 10.1. The Morgan fingerprint density at radius 3 is 2.88 bits per heavy atom. The highest BCUT2D eigenvalue weighted by molar-refractivity contribution is 5.69. The fourth-order valence-electron chi connectivity index (χ4n) is 2.14. The molecule has 94 valence electrons. The summed E-state index contributed by atoms with van der Waals surface area (Å²) in [6, 6.07) is 0. The number of piperidine rings is 1. The summed E-state index contributed by atoms with van der Waals surface area (Å²) in [5, 5.41) is 8.62. The van der Waals surface area contributed by atoms with E-state index in [1.165, 1.54) is 25.5 Å². The Morgan fingerprint density at radius 1 is 1.41 bits per heavy atom. The average Bonchev–Trinajstić information content (AvgIpc) is 2.75. The zero-order chi connectivity index (χ0) is 12.1. The topological polar surface area (TPSA) is 66.6 Å². The van der Waals surface area contributed by atoms with Gasteiger partial charge in [0.2, 0.25) is 0 Å². The summed E-state index contributed by atoms with van der Waals surface area (Å²) < 4.78 is 5.26. The number of nitrogens with zero attached hydrogens (tertiary/aromatic N) is 2. The van der Waals surface area contributed by atoms with Crippen LogP contribution in [0, 0.1) is 0 Å². The minimum atomic E-state index is -0.874. The second-order valence-electron chi connectivity index (χ2n) is 4.46. The Labute approximate surface area is 100 Å². The van der Waals surface area contributed by atoms with Crippen LogP contribution in [0.3, 0.4) is 0 Å². The van der Waals surface area contributed by atoms with E-state index in [-0.39, 0.29) is 6.42 Å². The summed E-state index contributed by atoms with van der Waals surface area (Å²) >= 11 is 0. The van der Waals surface area contributed by atoms with Gasteiger partial charge in [0.1, 0.15) is 6.26 Å². The van der Waals surface area contributed by atoms with E-state index in [4.69, 9.17) is 9.52 Å². The van der Waals surface area contributed by atoms with Crippen LogP contribution in [0.15, 0.2) is 10.7 Å². The van der Waals surface area contributed by atoms with Crippen molar-refractivity contribution in [2.24, 2.45) is 0 Å². The number of aliphatic carboxylic acids is 1. The molecule has 1 aromatic rings. The van der Waals surface area contributed by atoms with E-state index < -0.39 is 5.97 Å². The van der Waals surface area contributed by atoms with Crippen LogP contribution in [-0.2, 0) is 17.6 Å². The van der Waals surface area contributed by atoms with Crippen LogP contribution in [-0.4, -0.2) is 40.6 Å². The van der Waals surface area contributed by atoms with Gasteiger partial charge in [0, 0.05) is 13.0 Å². The second kappa shape index (κ2) is 5.82. The fourth-order valence-corrected chi connectivity index (χ4v) is 2.14. The molecular formula is C12H18N2O3. The van der Waals surface area contributed by atoms with E-state index in [1.807, 2.05) is 0 Å². The number of carbonyl (C=O) groups is 1. The van der Waals surface area contributed by atoms with Crippen LogP contribution in [0.5, 0.6) is 0 Å². The summed E-state index contributed by atoms with van der Waals surface area (Å²) in [7, 11) is 0. The van der Waals surface area contributed by atoms with Gasteiger partial charge in [0.15, 0.2) is 5.89 Å². The molecule has 17 heavy (non-hydrogen) atoms. The van der Waals surface area contributed by atoms with E-state index in [0.717, 1.165) is 26.1 Å². The smallest absolute Gasteiger partial charge is 0.309 e. The van der Waals surface area contributed by atoms with E-state index in [2.05, 4.69) is 9.88 Å². The molecule has 0 saturated carbocycles. The van der Waals surface area contributed by atoms with E-state index in [9.17, 15) is 4.79 Å². The number of aromatic nitrogens is 1. The Morgan fingerprint density at radius 2 is 2.18 bits per heavy atom. The third-order valence-corrected chi connectivity index (χ3v) is 3.02. The van der Waals surface area contributed by atoms with Crippen molar-refractivity contribution in [3.63, 3.8) is 0 Å². The lowest BCUT2D eigenvalue weighted by molar-refractivity contribution is -0.136. The first-order valence-corrected chi connectivity index (χ1v) is 6.11. The van der Waals surface area contributed by atoms with Gasteiger partial charge >= 0.3 is 5.97 Å². The van der Waals surface area contributed by atoms with E-state index >= 15 is 0 Å². The molecule has 1 aliphatic rings. The van der Waals surface area contributed by atoms with Gasteiger partial charge in [-0.05, 0) is 25.9 Å². The van der Waals surface area contributed by atoms with Gasteiger partial charge in [-0.2, -0.15) is 0 Å². The summed E-state index contributed by atoms with van der Waals surface area (Å²) in [5.74, 6) is -0.229. The van der Waals surface area contributed by atoms with Crippen molar-refractivity contribution in [2.45, 2.75) is 32.1 Å². The number of rotatable bonds is 5. The van der Waals surface area contributed by atoms with Gasteiger partial charge < -0.3 is 14.4 Å². The first-order valence-electron chi connectivity index (χ1n) is 6.11. The van der Waals surface area contributed by atoms with Crippen LogP contribution in [0.1, 0.15) is 30.8 Å². The minimum absolute atomic E-state index is 0.0623. The van der Waals surface area contributed by atoms with Gasteiger partial charge in [-0.15, -0.1) is 0 Å². The van der Waals surface area contributed by atoms with Crippen LogP contribution in [0.2, 0.25) is 0 Å². The summed E-state index contributed by atoms with van der Waals surface area (Å²) in [6.45, 7) is 3.26.